The third kappa shape index (κ3) is 11.6. The van der Waals surface area contributed by atoms with E-state index in [2.05, 4.69) is 4.52 Å². The molecule has 5 heavy (non-hydrogen) atoms. The van der Waals surface area contributed by atoms with Gasteiger partial charge in [-0.2, -0.15) is 0 Å². The van der Waals surface area contributed by atoms with E-state index in [1.165, 1.54) is 7.11 Å². The molecule has 0 atom stereocenters. The molecule has 0 amide bonds. The first-order valence-electron chi connectivity index (χ1n) is 0.773. The molecular weight excluding hydrogens is 99.3 g/mol. The van der Waals surface area contributed by atoms with E-state index in [0.29, 0.717) is 0 Å². The quantitative estimate of drug-likeness (QED) is 0.361. The molecule has 28 valence electrons. The Morgan fingerprint density at radius 2 is 2.20 bits per heavy atom. The van der Waals surface area contributed by atoms with Crippen molar-refractivity contribution in [1.29, 1.82) is 0 Å². The molecule has 0 fully saturated rings. The summed E-state index contributed by atoms with van der Waals surface area (Å²) in [5.41, 5.74) is 0. The van der Waals surface area contributed by atoms with Gasteiger partial charge in [-0.1, -0.05) is 0 Å². The SMILES string of the molecule is COP=O.[H-].[H-].[Mg+2]. The standard InChI is InChI=1S/CH3O2P.Mg.2H/c1-3-4-2;;;/h1H3;;;/q;+2;2*-1. The molecule has 4 heteroatoms. The molecule has 0 saturated carbocycles. The van der Waals surface area contributed by atoms with E-state index in [4.69, 9.17) is 4.57 Å². The van der Waals surface area contributed by atoms with Crippen LogP contribution in [0.1, 0.15) is 2.85 Å². The summed E-state index contributed by atoms with van der Waals surface area (Å²) in [6.45, 7) is 0. The Morgan fingerprint density at radius 1 is 2.00 bits per heavy atom. The minimum Gasteiger partial charge on any atom is -1.00 e. The molecule has 2 nitrogen and oxygen atoms in total. The van der Waals surface area contributed by atoms with Gasteiger partial charge in [0.05, 0.1) is 0 Å². The predicted molar refractivity (Wildman–Crippen MR) is 22.6 cm³/mol. The summed E-state index contributed by atoms with van der Waals surface area (Å²) in [5, 5.41) is 0. The Morgan fingerprint density at radius 3 is 2.20 bits per heavy atom. The monoisotopic (exact) mass is 104 g/mol. The first-order chi connectivity index (χ1) is 1.91. The minimum atomic E-state index is -0.252. The van der Waals surface area contributed by atoms with E-state index in [0.717, 1.165) is 0 Å². The normalized spacial score (nSPS) is 6.60. The van der Waals surface area contributed by atoms with Crippen LogP contribution in [0.5, 0.6) is 0 Å². The zero-order valence-corrected chi connectivity index (χ0v) is 5.28. The third-order valence-electron chi connectivity index (χ3n) is 0.0745. The molecular formula is CH5MgO2P. The van der Waals surface area contributed by atoms with E-state index >= 15 is 0 Å². The van der Waals surface area contributed by atoms with Gasteiger partial charge in [0.25, 0.3) is 0 Å². The summed E-state index contributed by atoms with van der Waals surface area (Å²) in [6, 6.07) is 0. The van der Waals surface area contributed by atoms with Crippen molar-refractivity contribution in [3.63, 3.8) is 0 Å². The van der Waals surface area contributed by atoms with Crippen LogP contribution < -0.4 is 0 Å². The van der Waals surface area contributed by atoms with Crippen molar-refractivity contribution in [2.24, 2.45) is 0 Å². The van der Waals surface area contributed by atoms with E-state index in [-0.39, 0.29) is 34.6 Å². The van der Waals surface area contributed by atoms with Crippen LogP contribution in [0.3, 0.4) is 0 Å². The maximum Gasteiger partial charge on any atom is 2.00 e. The van der Waals surface area contributed by atoms with Gasteiger partial charge in [-0.25, -0.2) is 4.57 Å². The Hall–Kier alpha value is 0.826. The maximum absolute atomic E-state index is 9.05. The largest absolute Gasteiger partial charge is 2.00 e. The molecule has 0 aromatic rings. The van der Waals surface area contributed by atoms with Crippen LogP contribution in [0.25, 0.3) is 0 Å². The fourth-order valence-corrected chi connectivity index (χ4v) is 0. The van der Waals surface area contributed by atoms with Crippen molar-refractivity contribution in [2.45, 2.75) is 0 Å². The maximum atomic E-state index is 9.05. The van der Waals surface area contributed by atoms with Crippen LogP contribution in [0.2, 0.25) is 0 Å². The van der Waals surface area contributed by atoms with Gasteiger partial charge in [0.15, 0.2) is 0 Å². The van der Waals surface area contributed by atoms with Crippen molar-refractivity contribution < 1.29 is 11.9 Å². The van der Waals surface area contributed by atoms with Gasteiger partial charge >= 0.3 is 31.7 Å². The van der Waals surface area contributed by atoms with Gasteiger partial charge in [-0.05, 0) is 0 Å². The molecule has 0 heterocycles. The molecule has 0 aromatic carbocycles. The molecule has 0 aliphatic rings. The zero-order valence-electron chi connectivity index (χ0n) is 4.97. The Balaban J connectivity index is -0.0000000150. The fraction of sp³-hybridized carbons (Fsp3) is 1.00. The molecule has 0 aromatic heterocycles. The van der Waals surface area contributed by atoms with Crippen LogP contribution in [-0.4, -0.2) is 30.2 Å². The topological polar surface area (TPSA) is 26.3 Å². The summed E-state index contributed by atoms with van der Waals surface area (Å²) in [4.78, 5) is 0. The molecule has 0 spiro atoms. The summed E-state index contributed by atoms with van der Waals surface area (Å²) in [5.74, 6) is 0. The summed E-state index contributed by atoms with van der Waals surface area (Å²) in [7, 11) is 1.10. The van der Waals surface area contributed by atoms with Gasteiger partial charge in [-0.15, -0.1) is 0 Å². The van der Waals surface area contributed by atoms with Crippen molar-refractivity contribution in [1.82, 2.24) is 0 Å². The molecule has 0 unspecified atom stereocenters. The number of hydrogen-bond acceptors (Lipinski definition) is 2. The molecule has 0 radical (unpaired) electrons. The number of hydrogen-bond donors (Lipinski definition) is 0. The first kappa shape index (κ1) is 9.27. The van der Waals surface area contributed by atoms with E-state index < -0.39 is 0 Å². The predicted octanol–water partition coefficient (Wildman–Crippen LogP) is 0.684. The van der Waals surface area contributed by atoms with Crippen molar-refractivity contribution >= 4 is 31.7 Å². The summed E-state index contributed by atoms with van der Waals surface area (Å²) < 4.78 is 13.0. The van der Waals surface area contributed by atoms with Gasteiger partial charge in [0.2, 0.25) is 0 Å². The average molecular weight is 104 g/mol. The second-order valence-corrected chi connectivity index (χ2v) is 0.771. The smallest absolute Gasteiger partial charge is 1.00 e. The first-order valence-corrected chi connectivity index (χ1v) is 1.50. The van der Waals surface area contributed by atoms with Crippen molar-refractivity contribution in [3.05, 3.63) is 0 Å². The van der Waals surface area contributed by atoms with Crippen molar-refractivity contribution in [3.8, 4) is 0 Å². The third-order valence-corrected chi connectivity index (χ3v) is 0.224. The molecule has 0 aliphatic heterocycles. The molecule has 0 aliphatic carbocycles. The minimum absolute atomic E-state index is 0. The van der Waals surface area contributed by atoms with Crippen LogP contribution in [0, 0.1) is 0 Å². The van der Waals surface area contributed by atoms with Crippen LogP contribution in [0.4, 0.5) is 0 Å². The fourth-order valence-electron chi connectivity index (χ4n) is 0. The van der Waals surface area contributed by atoms with Gasteiger partial charge < -0.3 is 2.85 Å². The van der Waals surface area contributed by atoms with Crippen LogP contribution >= 0.6 is 8.69 Å². The van der Waals surface area contributed by atoms with Crippen LogP contribution in [0.15, 0.2) is 0 Å². The van der Waals surface area contributed by atoms with Gasteiger partial charge in [-0.3, -0.25) is 4.52 Å². The van der Waals surface area contributed by atoms with Crippen LogP contribution in [-0.2, 0) is 9.09 Å². The zero-order chi connectivity index (χ0) is 3.41. The molecule has 0 saturated heterocycles. The second kappa shape index (κ2) is 8.85. The Bertz CT molecular complexity index is 29.7. The van der Waals surface area contributed by atoms with E-state index in [9.17, 15) is 0 Å². The molecule has 0 rings (SSSR count). The van der Waals surface area contributed by atoms with Gasteiger partial charge in [0.1, 0.15) is 0 Å². The van der Waals surface area contributed by atoms with E-state index in [1.54, 1.807) is 0 Å². The average Bonchev–Trinajstić information content (AvgIpc) is 1.37. The van der Waals surface area contributed by atoms with Crippen molar-refractivity contribution in [2.75, 3.05) is 7.11 Å². The Labute approximate surface area is 51.3 Å². The number of rotatable bonds is 1. The molecule has 0 bridgehead atoms. The second-order valence-electron chi connectivity index (χ2n) is 0.257. The Kier molecular flexibility index (Phi) is 16.4. The van der Waals surface area contributed by atoms with E-state index in [1.807, 2.05) is 0 Å². The summed E-state index contributed by atoms with van der Waals surface area (Å²) in [6.07, 6.45) is 0. The summed E-state index contributed by atoms with van der Waals surface area (Å²) >= 11 is 0. The van der Waals surface area contributed by atoms with Gasteiger partial charge in [0, 0.05) is 7.11 Å². The molecule has 0 N–H and O–H groups in total.